The molecule has 0 amide bonds. The SMILES string of the molecule is Cc1ccc2c(n1)CCC2NC1CC1. The van der Waals surface area contributed by atoms with Crippen LogP contribution in [0.4, 0.5) is 0 Å². The Bertz CT molecular complexity index is 355. The van der Waals surface area contributed by atoms with Gasteiger partial charge in [0.1, 0.15) is 0 Å². The predicted octanol–water partition coefficient (Wildman–Crippen LogP) is 2.13. The number of aromatic nitrogens is 1. The molecule has 1 atom stereocenters. The Hall–Kier alpha value is -0.890. The number of pyridine rings is 1. The van der Waals surface area contributed by atoms with Gasteiger partial charge in [0.25, 0.3) is 0 Å². The third kappa shape index (κ3) is 1.44. The summed E-state index contributed by atoms with van der Waals surface area (Å²) in [5, 5.41) is 3.69. The average molecular weight is 188 g/mol. The summed E-state index contributed by atoms with van der Waals surface area (Å²) in [6.07, 6.45) is 5.12. The Morgan fingerprint density at radius 3 is 2.93 bits per heavy atom. The monoisotopic (exact) mass is 188 g/mol. The summed E-state index contributed by atoms with van der Waals surface area (Å²) < 4.78 is 0. The van der Waals surface area contributed by atoms with E-state index in [1.165, 1.54) is 30.5 Å². The molecule has 0 saturated heterocycles. The smallest absolute Gasteiger partial charge is 0.0455 e. The van der Waals surface area contributed by atoms with Crippen molar-refractivity contribution in [3.8, 4) is 0 Å². The molecule has 2 aliphatic carbocycles. The zero-order chi connectivity index (χ0) is 9.54. The summed E-state index contributed by atoms with van der Waals surface area (Å²) in [6.45, 7) is 2.07. The molecule has 1 unspecified atom stereocenters. The lowest BCUT2D eigenvalue weighted by Gasteiger charge is -2.12. The quantitative estimate of drug-likeness (QED) is 0.769. The first kappa shape index (κ1) is 8.42. The fraction of sp³-hybridized carbons (Fsp3) is 0.583. The number of hydrogen-bond acceptors (Lipinski definition) is 2. The number of aryl methyl sites for hydroxylation is 2. The Kier molecular flexibility index (Phi) is 1.84. The summed E-state index contributed by atoms with van der Waals surface area (Å²) >= 11 is 0. The summed E-state index contributed by atoms with van der Waals surface area (Å²) in [5.74, 6) is 0. The minimum absolute atomic E-state index is 0.589. The number of fused-ring (bicyclic) bond motifs is 1. The molecule has 0 aromatic carbocycles. The standard InChI is InChI=1S/C12H16N2/c1-8-2-5-10-11(13-8)6-7-12(10)14-9-3-4-9/h2,5,9,12,14H,3-4,6-7H2,1H3. The topological polar surface area (TPSA) is 24.9 Å². The first-order valence-corrected chi connectivity index (χ1v) is 5.55. The number of nitrogens with one attached hydrogen (secondary N) is 1. The molecule has 0 radical (unpaired) electrons. The fourth-order valence-corrected chi connectivity index (χ4v) is 2.28. The lowest BCUT2D eigenvalue weighted by Crippen LogP contribution is -2.21. The van der Waals surface area contributed by atoms with E-state index in [9.17, 15) is 0 Å². The van der Waals surface area contributed by atoms with Crippen molar-refractivity contribution in [3.05, 3.63) is 29.1 Å². The van der Waals surface area contributed by atoms with Crippen molar-refractivity contribution in [1.29, 1.82) is 0 Å². The van der Waals surface area contributed by atoms with Gasteiger partial charge < -0.3 is 5.32 Å². The average Bonchev–Trinajstić information content (AvgIpc) is 2.89. The largest absolute Gasteiger partial charge is 0.307 e. The molecule has 2 heteroatoms. The van der Waals surface area contributed by atoms with Crippen LogP contribution in [0.3, 0.4) is 0 Å². The molecule has 3 rings (SSSR count). The van der Waals surface area contributed by atoms with Gasteiger partial charge in [0, 0.05) is 23.5 Å². The molecule has 74 valence electrons. The molecule has 0 bridgehead atoms. The highest BCUT2D eigenvalue weighted by atomic mass is 15.0. The maximum atomic E-state index is 4.59. The van der Waals surface area contributed by atoms with Crippen molar-refractivity contribution in [2.45, 2.75) is 44.7 Å². The van der Waals surface area contributed by atoms with Crippen LogP contribution < -0.4 is 5.32 Å². The molecule has 1 N–H and O–H groups in total. The summed E-state index contributed by atoms with van der Waals surface area (Å²) in [5.41, 5.74) is 3.92. The van der Waals surface area contributed by atoms with Crippen molar-refractivity contribution >= 4 is 0 Å². The van der Waals surface area contributed by atoms with Gasteiger partial charge in [-0.1, -0.05) is 6.07 Å². The molecule has 1 saturated carbocycles. The molecular formula is C12H16N2. The number of hydrogen-bond donors (Lipinski definition) is 1. The maximum Gasteiger partial charge on any atom is 0.0455 e. The van der Waals surface area contributed by atoms with Crippen LogP contribution in [-0.2, 0) is 6.42 Å². The van der Waals surface area contributed by atoms with Gasteiger partial charge in [-0.2, -0.15) is 0 Å². The number of nitrogens with zero attached hydrogens (tertiary/aromatic N) is 1. The van der Waals surface area contributed by atoms with Crippen molar-refractivity contribution < 1.29 is 0 Å². The molecule has 0 aliphatic heterocycles. The summed E-state index contributed by atoms with van der Waals surface area (Å²) in [6, 6.07) is 5.77. The van der Waals surface area contributed by atoms with Gasteiger partial charge in [0.2, 0.25) is 0 Å². The lowest BCUT2D eigenvalue weighted by atomic mass is 10.1. The van der Waals surface area contributed by atoms with E-state index in [-0.39, 0.29) is 0 Å². The molecular weight excluding hydrogens is 172 g/mol. The van der Waals surface area contributed by atoms with E-state index in [0.29, 0.717) is 6.04 Å². The van der Waals surface area contributed by atoms with Gasteiger partial charge >= 0.3 is 0 Å². The minimum atomic E-state index is 0.589. The van der Waals surface area contributed by atoms with Crippen LogP contribution in [0.2, 0.25) is 0 Å². The fourth-order valence-electron chi connectivity index (χ4n) is 2.28. The van der Waals surface area contributed by atoms with E-state index in [2.05, 4.69) is 29.4 Å². The highest BCUT2D eigenvalue weighted by Crippen LogP contribution is 2.33. The van der Waals surface area contributed by atoms with Gasteiger partial charge in [-0.15, -0.1) is 0 Å². The van der Waals surface area contributed by atoms with Gasteiger partial charge in [0.05, 0.1) is 0 Å². The second kappa shape index (κ2) is 3.06. The van der Waals surface area contributed by atoms with E-state index in [1.54, 1.807) is 0 Å². The van der Waals surface area contributed by atoms with Crippen molar-refractivity contribution in [2.75, 3.05) is 0 Å². The van der Waals surface area contributed by atoms with E-state index in [4.69, 9.17) is 0 Å². The summed E-state index contributed by atoms with van der Waals surface area (Å²) in [4.78, 5) is 4.59. The third-order valence-corrected chi connectivity index (χ3v) is 3.21. The van der Waals surface area contributed by atoms with Crippen LogP contribution >= 0.6 is 0 Å². The predicted molar refractivity (Wildman–Crippen MR) is 56.2 cm³/mol. The Balaban J connectivity index is 1.85. The molecule has 1 heterocycles. The van der Waals surface area contributed by atoms with Crippen molar-refractivity contribution in [1.82, 2.24) is 10.3 Å². The zero-order valence-electron chi connectivity index (χ0n) is 8.59. The van der Waals surface area contributed by atoms with Crippen LogP contribution in [-0.4, -0.2) is 11.0 Å². The first-order chi connectivity index (χ1) is 6.83. The molecule has 1 fully saturated rings. The molecule has 1 aromatic heterocycles. The second-order valence-corrected chi connectivity index (χ2v) is 4.52. The lowest BCUT2D eigenvalue weighted by molar-refractivity contribution is 0.527. The maximum absolute atomic E-state index is 4.59. The summed E-state index contributed by atoms with van der Waals surface area (Å²) in [7, 11) is 0. The Morgan fingerprint density at radius 2 is 2.14 bits per heavy atom. The zero-order valence-corrected chi connectivity index (χ0v) is 8.59. The normalized spacial score (nSPS) is 25.1. The Morgan fingerprint density at radius 1 is 1.29 bits per heavy atom. The molecule has 1 aromatic rings. The van der Waals surface area contributed by atoms with Gasteiger partial charge in [0.15, 0.2) is 0 Å². The van der Waals surface area contributed by atoms with Crippen LogP contribution in [0.5, 0.6) is 0 Å². The highest BCUT2D eigenvalue weighted by Gasteiger charge is 2.29. The molecule has 2 aliphatic rings. The molecule has 14 heavy (non-hydrogen) atoms. The van der Waals surface area contributed by atoms with Crippen molar-refractivity contribution in [2.24, 2.45) is 0 Å². The number of rotatable bonds is 2. The van der Waals surface area contributed by atoms with Gasteiger partial charge in [-0.05, 0) is 44.2 Å². The highest BCUT2D eigenvalue weighted by molar-refractivity contribution is 5.30. The van der Waals surface area contributed by atoms with Crippen LogP contribution in [0.1, 0.15) is 42.3 Å². The van der Waals surface area contributed by atoms with E-state index in [1.807, 2.05) is 0 Å². The first-order valence-electron chi connectivity index (χ1n) is 5.55. The van der Waals surface area contributed by atoms with Gasteiger partial charge in [-0.3, -0.25) is 4.98 Å². The third-order valence-electron chi connectivity index (χ3n) is 3.21. The second-order valence-electron chi connectivity index (χ2n) is 4.52. The van der Waals surface area contributed by atoms with Crippen LogP contribution in [0.15, 0.2) is 12.1 Å². The molecule has 0 spiro atoms. The van der Waals surface area contributed by atoms with E-state index < -0.39 is 0 Å². The Labute approximate surface area is 84.7 Å². The van der Waals surface area contributed by atoms with E-state index >= 15 is 0 Å². The van der Waals surface area contributed by atoms with Crippen molar-refractivity contribution in [3.63, 3.8) is 0 Å². The van der Waals surface area contributed by atoms with Gasteiger partial charge in [-0.25, -0.2) is 0 Å². The molecule has 2 nitrogen and oxygen atoms in total. The van der Waals surface area contributed by atoms with E-state index in [0.717, 1.165) is 18.2 Å². The van der Waals surface area contributed by atoms with Crippen LogP contribution in [0.25, 0.3) is 0 Å². The van der Waals surface area contributed by atoms with Crippen LogP contribution in [0, 0.1) is 6.92 Å². The minimum Gasteiger partial charge on any atom is -0.307 e.